The van der Waals surface area contributed by atoms with E-state index in [1.54, 1.807) is 45.0 Å². The van der Waals surface area contributed by atoms with Gasteiger partial charge in [-0.15, -0.1) is 0 Å². The molecule has 8 heteroatoms. The first-order valence-electron chi connectivity index (χ1n) is 7.72. The molecule has 1 atom stereocenters. The Hall–Kier alpha value is -2.45. The van der Waals surface area contributed by atoms with Crippen LogP contribution in [0, 0.1) is 0 Å². The Labute approximate surface area is 145 Å². The number of aliphatic carboxylic acids is 2. The second-order valence-electron chi connectivity index (χ2n) is 6.43. The molecule has 0 aliphatic heterocycles. The normalized spacial score (nSPS) is 12.4. The van der Waals surface area contributed by atoms with E-state index in [1.165, 1.54) is 0 Å². The standard InChI is InChI=1S/C17H23NO7/c1-17(2,3)25-16(23)12-6-4-11(5-7-12)10-24-18-13(15(21)22)8-9-14(19)20/h4-7,13,18H,8-10H2,1-3H3,(H,19,20)(H,21,22)/t13-/m0/s1. The molecule has 0 saturated heterocycles. The van der Waals surface area contributed by atoms with Crippen molar-refractivity contribution >= 4 is 17.9 Å². The number of benzene rings is 1. The fourth-order valence-electron chi connectivity index (χ4n) is 1.80. The van der Waals surface area contributed by atoms with Crippen molar-refractivity contribution in [3.05, 3.63) is 35.4 Å². The van der Waals surface area contributed by atoms with Gasteiger partial charge in [-0.3, -0.25) is 14.4 Å². The first-order valence-corrected chi connectivity index (χ1v) is 7.72. The van der Waals surface area contributed by atoms with E-state index in [9.17, 15) is 14.4 Å². The Kier molecular flexibility index (Phi) is 7.53. The van der Waals surface area contributed by atoms with Crippen LogP contribution in [0.1, 0.15) is 49.5 Å². The highest BCUT2D eigenvalue weighted by molar-refractivity contribution is 5.89. The Bertz CT molecular complexity index is 604. The highest BCUT2D eigenvalue weighted by Crippen LogP contribution is 2.13. The lowest BCUT2D eigenvalue weighted by molar-refractivity contribution is -0.145. The quantitative estimate of drug-likeness (QED) is 0.455. The van der Waals surface area contributed by atoms with Gasteiger partial charge >= 0.3 is 17.9 Å². The number of rotatable bonds is 9. The molecule has 0 amide bonds. The summed E-state index contributed by atoms with van der Waals surface area (Å²) in [6.45, 7) is 5.40. The Morgan fingerprint density at radius 2 is 1.72 bits per heavy atom. The van der Waals surface area contributed by atoms with E-state index < -0.39 is 29.6 Å². The fourth-order valence-corrected chi connectivity index (χ4v) is 1.80. The van der Waals surface area contributed by atoms with Gasteiger partial charge in [-0.1, -0.05) is 12.1 Å². The van der Waals surface area contributed by atoms with E-state index in [2.05, 4.69) is 5.48 Å². The van der Waals surface area contributed by atoms with Crippen LogP contribution in [0.2, 0.25) is 0 Å². The number of ether oxygens (including phenoxy) is 1. The van der Waals surface area contributed by atoms with Crippen LogP contribution < -0.4 is 5.48 Å². The third-order valence-corrected chi connectivity index (χ3v) is 3.00. The summed E-state index contributed by atoms with van der Waals surface area (Å²) < 4.78 is 5.25. The molecular formula is C17H23NO7. The number of hydrogen-bond acceptors (Lipinski definition) is 6. The minimum absolute atomic E-state index is 0.0610. The first kappa shape index (κ1) is 20.6. The molecule has 0 aliphatic carbocycles. The van der Waals surface area contributed by atoms with Crippen LogP contribution in [0.5, 0.6) is 0 Å². The van der Waals surface area contributed by atoms with Gasteiger partial charge in [-0.25, -0.2) is 4.79 Å². The maximum Gasteiger partial charge on any atom is 0.338 e. The van der Waals surface area contributed by atoms with Crippen LogP contribution in [0.25, 0.3) is 0 Å². The minimum atomic E-state index is -1.19. The molecule has 0 saturated carbocycles. The zero-order chi connectivity index (χ0) is 19.0. The maximum absolute atomic E-state index is 11.9. The Morgan fingerprint density at radius 1 is 1.12 bits per heavy atom. The summed E-state index contributed by atoms with van der Waals surface area (Å²) in [4.78, 5) is 38.5. The molecule has 8 nitrogen and oxygen atoms in total. The second-order valence-corrected chi connectivity index (χ2v) is 6.43. The highest BCUT2D eigenvalue weighted by Gasteiger charge is 2.19. The Morgan fingerprint density at radius 3 is 2.20 bits per heavy atom. The van der Waals surface area contributed by atoms with E-state index >= 15 is 0 Å². The number of carboxylic acid groups (broad SMARTS) is 2. The molecule has 1 aromatic carbocycles. The largest absolute Gasteiger partial charge is 0.481 e. The summed E-state index contributed by atoms with van der Waals surface area (Å²) in [5, 5.41) is 17.6. The van der Waals surface area contributed by atoms with E-state index in [0.29, 0.717) is 11.1 Å². The van der Waals surface area contributed by atoms with Crippen molar-refractivity contribution in [1.29, 1.82) is 0 Å². The van der Waals surface area contributed by atoms with Crippen molar-refractivity contribution in [1.82, 2.24) is 5.48 Å². The predicted octanol–water partition coefficient (Wildman–Crippen LogP) is 1.98. The molecule has 0 spiro atoms. The van der Waals surface area contributed by atoms with Gasteiger partial charge in [0.25, 0.3) is 0 Å². The molecule has 25 heavy (non-hydrogen) atoms. The number of carbonyl (C=O) groups is 3. The molecule has 0 fully saturated rings. The lowest BCUT2D eigenvalue weighted by Gasteiger charge is -2.19. The molecule has 0 radical (unpaired) electrons. The smallest absolute Gasteiger partial charge is 0.338 e. The van der Waals surface area contributed by atoms with Crippen molar-refractivity contribution in [2.75, 3.05) is 0 Å². The molecule has 0 aliphatic rings. The molecule has 0 unspecified atom stereocenters. The van der Waals surface area contributed by atoms with Crippen molar-refractivity contribution < 1.29 is 34.2 Å². The summed E-state index contributed by atoms with van der Waals surface area (Å²) in [6.07, 6.45) is -0.375. The molecule has 3 N–H and O–H groups in total. The third kappa shape index (κ3) is 8.27. The van der Waals surface area contributed by atoms with Gasteiger partial charge in [0, 0.05) is 6.42 Å². The van der Waals surface area contributed by atoms with Gasteiger partial charge < -0.3 is 14.9 Å². The van der Waals surface area contributed by atoms with E-state index in [-0.39, 0.29) is 19.4 Å². The van der Waals surface area contributed by atoms with Gasteiger partial charge in [0.15, 0.2) is 0 Å². The molecule has 0 aromatic heterocycles. The number of hydrogen-bond donors (Lipinski definition) is 3. The van der Waals surface area contributed by atoms with Crippen molar-refractivity contribution in [3.63, 3.8) is 0 Å². The highest BCUT2D eigenvalue weighted by atomic mass is 16.6. The Balaban J connectivity index is 2.51. The SMILES string of the molecule is CC(C)(C)OC(=O)c1ccc(CON[C@@H](CCC(=O)O)C(=O)O)cc1. The molecule has 1 aromatic rings. The monoisotopic (exact) mass is 353 g/mol. The van der Waals surface area contributed by atoms with Crippen molar-refractivity contribution in [2.45, 2.75) is 51.9 Å². The zero-order valence-electron chi connectivity index (χ0n) is 14.4. The zero-order valence-corrected chi connectivity index (χ0v) is 14.4. The average Bonchev–Trinajstić information content (AvgIpc) is 2.49. The van der Waals surface area contributed by atoms with E-state index in [4.69, 9.17) is 19.8 Å². The van der Waals surface area contributed by atoms with Crippen molar-refractivity contribution in [3.8, 4) is 0 Å². The van der Waals surface area contributed by atoms with Crippen LogP contribution in [0.4, 0.5) is 0 Å². The fraction of sp³-hybridized carbons (Fsp3) is 0.471. The number of esters is 1. The number of hydroxylamine groups is 1. The minimum Gasteiger partial charge on any atom is -0.481 e. The summed E-state index contributed by atoms with van der Waals surface area (Å²) in [7, 11) is 0. The van der Waals surface area contributed by atoms with E-state index in [1.807, 2.05) is 0 Å². The van der Waals surface area contributed by atoms with Gasteiger partial charge in [0.2, 0.25) is 0 Å². The van der Waals surface area contributed by atoms with E-state index in [0.717, 1.165) is 0 Å². The van der Waals surface area contributed by atoms with Crippen LogP contribution in [-0.4, -0.2) is 39.8 Å². The maximum atomic E-state index is 11.9. The first-order chi connectivity index (χ1) is 11.6. The van der Waals surface area contributed by atoms with Crippen LogP contribution in [-0.2, 0) is 25.8 Å². The van der Waals surface area contributed by atoms with Gasteiger partial charge in [-0.05, 0) is 44.9 Å². The molecule has 138 valence electrons. The topological polar surface area (TPSA) is 122 Å². The van der Waals surface area contributed by atoms with Crippen molar-refractivity contribution in [2.24, 2.45) is 0 Å². The number of carbonyl (C=O) groups excluding carboxylic acids is 1. The summed E-state index contributed by atoms with van der Waals surface area (Å²) >= 11 is 0. The van der Waals surface area contributed by atoms with Gasteiger partial charge in [0.05, 0.1) is 12.2 Å². The third-order valence-electron chi connectivity index (χ3n) is 3.00. The molecule has 1 rings (SSSR count). The summed E-state index contributed by atoms with van der Waals surface area (Å²) in [6, 6.07) is 5.39. The lowest BCUT2D eigenvalue weighted by Crippen LogP contribution is -2.37. The van der Waals surface area contributed by atoms with Crippen LogP contribution >= 0.6 is 0 Å². The number of carboxylic acids is 2. The molecule has 0 heterocycles. The summed E-state index contributed by atoms with van der Waals surface area (Å²) in [5.41, 5.74) is 2.87. The molecule has 0 bridgehead atoms. The van der Waals surface area contributed by atoms with Crippen LogP contribution in [0.15, 0.2) is 24.3 Å². The summed E-state index contributed by atoms with van der Waals surface area (Å²) in [5.74, 6) is -2.70. The predicted molar refractivity (Wildman–Crippen MR) is 87.8 cm³/mol. The van der Waals surface area contributed by atoms with Gasteiger partial charge in [-0.2, -0.15) is 5.48 Å². The molecular weight excluding hydrogens is 330 g/mol. The van der Waals surface area contributed by atoms with Gasteiger partial charge in [0.1, 0.15) is 11.6 Å². The second kappa shape index (κ2) is 9.14. The average molecular weight is 353 g/mol. The number of nitrogens with one attached hydrogen (secondary N) is 1. The lowest BCUT2D eigenvalue weighted by atomic mass is 10.1. The van der Waals surface area contributed by atoms with Crippen LogP contribution in [0.3, 0.4) is 0 Å².